The van der Waals surface area contributed by atoms with Crippen molar-refractivity contribution >= 4 is 55.0 Å². The van der Waals surface area contributed by atoms with Gasteiger partial charge in [0.05, 0.1) is 58.2 Å². The predicted octanol–water partition coefficient (Wildman–Crippen LogP) is 14.7. The van der Waals surface area contributed by atoms with Gasteiger partial charge in [-0.15, -0.1) is 0 Å². The van der Waals surface area contributed by atoms with Crippen LogP contribution in [-0.4, -0.2) is 9.13 Å². The molecule has 0 spiro atoms. The second kappa shape index (κ2) is 14.4. The van der Waals surface area contributed by atoms with Crippen molar-refractivity contribution in [1.29, 1.82) is 10.5 Å². The number of nitrogens with zero attached hydrogens (tertiary/aromatic N) is 6. The van der Waals surface area contributed by atoms with Gasteiger partial charge in [0, 0.05) is 27.1 Å². The molecule has 0 unspecified atom stereocenters. The second-order valence-electron chi connectivity index (χ2n) is 14.9. The van der Waals surface area contributed by atoms with E-state index in [0.29, 0.717) is 33.8 Å². The highest BCUT2D eigenvalue weighted by atomic mass is 19.4. The molecule has 0 N–H and O–H groups in total. The normalized spacial score (nSPS) is 11.4. The Labute approximate surface area is 353 Å². The Morgan fingerprint density at radius 2 is 0.968 bits per heavy atom. The third-order valence-corrected chi connectivity index (χ3v) is 11.5. The van der Waals surface area contributed by atoms with Crippen molar-refractivity contribution < 1.29 is 13.2 Å². The quantitative estimate of drug-likeness (QED) is 0.163. The Hall–Kier alpha value is -8.89. The number of rotatable bonds is 5. The highest BCUT2D eigenvalue weighted by Gasteiger charge is 2.31. The number of hydrogen-bond donors (Lipinski definition) is 0. The number of nitriles is 2. The summed E-state index contributed by atoms with van der Waals surface area (Å²) in [5, 5.41) is 24.4. The first-order chi connectivity index (χ1) is 30.2. The molecule has 0 aliphatic carbocycles. The van der Waals surface area contributed by atoms with Gasteiger partial charge in [-0.25, -0.2) is 9.69 Å². The van der Waals surface area contributed by atoms with E-state index in [2.05, 4.69) is 34.0 Å². The summed E-state index contributed by atoms with van der Waals surface area (Å²) < 4.78 is 46.0. The van der Waals surface area contributed by atoms with E-state index in [1.165, 1.54) is 6.07 Å². The molecule has 10 aromatic rings. The van der Waals surface area contributed by atoms with Crippen LogP contribution in [0, 0.1) is 35.8 Å². The van der Waals surface area contributed by atoms with E-state index >= 15 is 0 Å². The van der Waals surface area contributed by atoms with Crippen molar-refractivity contribution in [2.24, 2.45) is 0 Å². The van der Waals surface area contributed by atoms with Gasteiger partial charge in [0.25, 0.3) is 0 Å². The SMILES string of the molecule is [C-]#[N+]c1ccc(-c2ccc3c(c2)c2ccccc2n3-c2cc(-c3ccc(C(F)(F)F)cc3[N+]#[C-])cc(-n3c4ccccc4c4cc(-c5ccc(C#N)cc5)ccc43)c2C#N)cc1. The molecule has 10 rings (SSSR count). The summed E-state index contributed by atoms with van der Waals surface area (Å²) in [6, 6.07) is 54.1. The van der Waals surface area contributed by atoms with Gasteiger partial charge in [0.15, 0.2) is 11.4 Å². The molecule has 0 atom stereocenters. The van der Waals surface area contributed by atoms with Gasteiger partial charge >= 0.3 is 6.18 Å². The summed E-state index contributed by atoms with van der Waals surface area (Å²) >= 11 is 0. The first-order valence-corrected chi connectivity index (χ1v) is 19.4. The maximum absolute atomic E-state index is 14.0. The first-order valence-electron chi connectivity index (χ1n) is 19.4. The standard InChI is InChI=1S/C53H27F3N6/c1-59-39-20-15-34(16-21-39)36-18-24-50-44(26-36)42-8-4-6-10-48(42)62(50)52-28-37(40-22-19-38(53(54,55)56)29-46(40)60-2)27-51(45(52)31-58)61-47-9-5-3-7-41(47)43-25-35(17-23-49(43)61)33-13-11-32(30-57)12-14-33/h3-29H. The van der Waals surface area contributed by atoms with Crippen LogP contribution < -0.4 is 0 Å². The predicted molar refractivity (Wildman–Crippen MR) is 238 cm³/mol. The average molecular weight is 805 g/mol. The molecule has 8 aromatic carbocycles. The summed E-state index contributed by atoms with van der Waals surface area (Å²) in [6.07, 6.45) is -4.65. The molecule has 0 saturated heterocycles. The zero-order valence-electron chi connectivity index (χ0n) is 32.4. The van der Waals surface area contributed by atoms with Crippen molar-refractivity contribution in [3.8, 4) is 56.9 Å². The third-order valence-electron chi connectivity index (χ3n) is 11.5. The molecule has 0 aliphatic heterocycles. The minimum atomic E-state index is -4.65. The number of fused-ring (bicyclic) bond motifs is 6. The summed E-state index contributed by atoms with van der Waals surface area (Å²) in [5.74, 6) is 0. The molecule has 9 heteroatoms. The summed E-state index contributed by atoms with van der Waals surface area (Å²) in [6.45, 7) is 15.4. The van der Waals surface area contributed by atoms with Crippen LogP contribution in [0.4, 0.5) is 24.5 Å². The van der Waals surface area contributed by atoms with Gasteiger partial charge in [0.2, 0.25) is 0 Å². The molecule has 6 nitrogen and oxygen atoms in total. The highest BCUT2D eigenvalue weighted by Crippen LogP contribution is 2.44. The van der Waals surface area contributed by atoms with E-state index in [4.69, 9.17) is 13.1 Å². The zero-order chi connectivity index (χ0) is 42.7. The lowest BCUT2D eigenvalue weighted by Crippen LogP contribution is -2.06. The van der Waals surface area contributed by atoms with Gasteiger partial charge in [-0.3, -0.25) is 0 Å². The average Bonchev–Trinajstić information content (AvgIpc) is 3.82. The number of benzene rings is 8. The van der Waals surface area contributed by atoms with Crippen molar-refractivity contribution in [2.75, 3.05) is 0 Å². The molecule has 0 bridgehead atoms. The molecule has 2 heterocycles. The van der Waals surface area contributed by atoms with Gasteiger partial charge in [-0.2, -0.15) is 23.7 Å². The van der Waals surface area contributed by atoms with E-state index in [9.17, 15) is 23.7 Å². The van der Waals surface area contributed by atoms with Crippen LogP contribution in [0.5, 0.6) is 0 Å². The fourth-order valence-electron chi connectivity index (χ4n) is 8.57. The van der Waals surface area contributed by atoms with Crippen molar-refractivity contribution in [1.82, 2.24) is 9.13 Å². The Morgan fingerprint density at radius 1 is 0.468 bits per heavy atom. The van der Waals surface area contributed by atoms with E-state index in [1.54, 1.807) is 36.4 Å². The summed E-state index contributed by atoms with van der Waals surface area (Å²) in [4.78, 5) is 7.11. The lowest BCUT2D eigenvalue weighted by atomic mass is 9.97. The van der Waals surface area contributed by atoms with Crippen LogP contribution in [0.2, 0.25) is 0 Å². The molecule has 0 radical (unpaired) electrons. The fraction of sp³-hybridized carbons (Fsp3) is 0.0189. The Balaban J connectivity index is 1.29. The second-order valence-corrected chi connectivity index (χ2v) is 14.9. The molecule has 290 valence electrons. The van der Waals surface area contributed by atoms with Crippen LogP contribution in [0.1, 0.15) is 16.7 Å². The van der Waals surface area contributed by atoms with E-state index in [-0.39, 0.29) is 11.3 Å². The largest absolute Gasteiger partial charge is 0.415 e. The van der Waals surface area contributed by atoms with Crippen molar-refractivity contribution in [3.05, 3.63) is 203 Å². The van der Waals surface area contributed by atoms with Crippen LogP contribution >= 0.6 is 0 Å². The summed E-state index contributed by atoms with van der Waals surface area (Å²) in [5.41, 5.74) is 8.90. The molecule has 2 aromatic heterocycles. The van der Waals surface area contributed by atoms with Crippen molar-refractivity contribution in [3.63, 3.8) is 0 Å². The Morgan fingerprint density at radius 3 is 1.45 bits per heavy atom. The van der Waals surface area contributed by atoms with E-state index in [0.717, 1.165) is 78.0 Å². The maximum atomic E-state index is 14.0. The molecular weight excluding hydrogens is 778 g/mol. The van der Waals surface area contributed by atoms with Crippen molar-refractivity contribution in [2.45, 2.75) is 6.18 Å². The van der Waals surface area contributed by atoms with Crippen LogP contribution in [0.15, 0.2) is 164 Å². The minimum absolute atomic E-state index is 0.174. The number of alkyl halides is 3. The Kier molecular flexibility index (Phi) is 8.70. The lowest BCUT2D eigenvalue weighted by Gasteiger charge is -2.19. The van der Waals surface area contributed by atoms with E-state index in [1.807, 2.05) is 106 Å². The summed E-state index contributed by atoms with van der Waals surface area (Å²) in [7, 11) is 0. The van der Waals surface area contributed by atoms with Crippen LogP contribution in [-0.2, 0) is 6.18 Å². The topological polar surface area (TPSA) is 66.2 Å². The molecule has 0 saturated carbocycles. The third kappa shape index (κ3) is 6.01. The van der Waals surface area contributed by atoms with Crippen LogP contribution in [0.3, 0.4) is 0 Å². The fourth-order valence-corrected chi connectivity index (χ4v) is 8.57. The minimum Gasteiger partial charge on any atom is -0.308 e. The molecular formula is C53H27F3N6. The number of halogens is 3. The monoisotopic (exact) mass is 804 g/mol. The number of para-hydroxylation sites is 2. The smallest absolute Gasteiger partial charge is 0.308 e. The lowest BCUT2D eigenvalue weighted by molar-refractivity contribution is -0.137. The number of aromatic nitrogens is 2. The molecule has 0 amide bonds. The highest BCUT2D eigenvalue weighted by molar-refractivity contribution is 6.12. The molecule has 0 aliphatic rings. The molecule has 0 fully saturated rings. The zero-order valence-corrected chi connectivity index (χ0v) is 32.4. The van der Waals surface area contributed by atoms with Gasteiger partial charge in [-0.05, 0) is 100 Å². The Bertz CT molecular complexity index is 3460. The maximum Gasteiger partial charge on any atom is 0.415 e. The number of hydrogen-bond acceptors (Lipinski definition) is 2. The van der Waals surface area contributed by atoms with Gasteiger partial charge in [0.1, 0.15) is 11.6 Å². The van der Waals surface area contributed by atoms with Gasteiger partial charge in [-0.1, -0.05) is 97.1 Å². The van der Waals surface area contributed by atoms with Crippen LogP contribution in [0.25, 0.3) is 98.1 Å². The van der Waals surface area contributed by atoms with Gasteiger partial charge < -0.3 is 9.13 Å². The first kappa shape index (κ1) is 37.4. The molecule has 62 heavy (non-hydrogen) atoms. The van der Waals surface area contributed by atoms with E-state index < -0.39 is 11.7 Å².